The molecule has 1 fully saturated rings. The smallest absolute Gasteiger partial charge is 0.264 e. The van der Waals surface area contributed by atoms with Gasteiger partial charge in [0, 0.05) is 93.2 Å². The number of carbonyl (C=O) groups excluding carboxylic acids is 3. The van der Waals surface area contributed by atoms with Gasteiger partial charge in [-0.2, -0.15) is 0 Å². The van der Waals surface area contributed by atoms with E-state index in [4.69, 9.17) is 4.74 Å². The van der Waals surface area contributed by atoms with Gasteiger partial charge >= 0.3 is 0 Å². The SMILES string of the molecule is CC(=O)N1CCc2cc(-c3cc(C(=O)N(c4ccccc4)c4ccccc4)c(C)n3C)c(C(=O)N3Cc4ccccc4C[C@H]3CN3CCOCC3)cc2C1. The monoisotopic (exact) mass is 721 g/mol. The summed E-state index contributed by atoms with van der Waals surface area (Å²) in [4.78, 5) is 50.6. The topological polar surface area (TPSA) is 78.3 Å². The Kier molecular flexibility index (Phi) is 9.92. The molecule has 5 aromatic rings. The third-order valence-electron chi connectivity index (χ3n) is 11.5. The quantitative estimate of drug-likeness (QED) is 0.185. The lowest BCUT2D eigenvalue weighted by Crippen LogP contribution is -2.52. The zero-order chi connectivity index (χ0) is 37.3. The summed E-state index contributed by atoms with van der Waals surface area (Å²) in [6.07, 6.45) is 1.46. The van der Waals surface area contributed by atoms with Gasteiger partial charge in [0.05, 0.1) is 18.8 Å². The molecule has 0 aliphatic carbocycles. The van der Waals surface area contributed by atoms with Crippen molar-refractivity contribution in [1.82, 2.24) is 19.3 Å². The average molecular weight is 722 g/mol. The molecule has 1 saturated heterocycles. The normalized spacial score (nSPS) is 17.1. The lowest BCUT2D eigenvalue weighted by molar-refractivity contribution is -0.129. The number of fused-ring (bicyclic) bond motifs is 2. The molecule has 0 bridgehead atoms. The zero-order valence-corrected chi connectivity index (χ0v) is 31.3. The van der Waals surface area contributed by atoms with Gasteiger partial charge in [-0.05, 0) is 84.5 Å². The Morgan fingerprint density at radius 2 is 1.39 bits per heavy atom. The van der Waals surface area contributed by atoms with Crippen LogP contribution in [0.3, 0.4) is 0 Å². The van der Waals surface area contributed by atoms with Crippen molar-refractivity contribution in [3.05, 3.63) is 142 Å². The number of ether oxygens (including phenoxy) is 1. The number of morpholine rings is 1. The van der Waals surface area contributed by atoms with E-state index in [9.17, 15) is 9.59 Å². The van der Waals surface area contributed by atoms with Crippen LogP contribution in [-0.2, 0) is 42.5 Å². The van der Waals surface area contributed by atoms with Crippen LogP contribution in [0.1, 0.15) is 55.6 Å². The zero-order valence-electron chi connectivity index (χ0n) is 31.3. The van der Waals surface area contributed by atoms with Gasteiger partial charge in [-0.25, -0.2) is 0 Å². The van der Waals surface area contributed by atoms with E-state index in [1.54, 1.807) is 11.8 Å². The van der Waals surface area contributed by atoms with Crippen LogP contribution in [0.25, 0.3) is 11.3 Å². The minimum atomic E-state index is -0.145. The van der Waals surface area contributed by atoms with Gasteiger partial charge in [0.2, 0.25) is 5.91 Å². The molecule has 9 heteroatoms. The van der Waals surface area contributed by atoms with Crippen molar-refractivity contribution in [3.63, 3.8) is 0 Å². The molecule has 0 unspecified atom stereocenters. The van der Waals surface area contributed by atoms with Crippen LogP contribution in [0.5, 0.6) is 0 Å². The summed E-state index contributed by atoms with van der Waals surface area (Å²) in [7, 11) is 1.97. The Labute approximate surface area is 317 Å². The first kappa shape index (κ1) is 35.5. The molecule has 0 saturated carbocycles. The molecule has 0 radical (unpaired) electrons. The highest BCUT2D eigenvalue weighted by molar-refractivity contribution is 6.12. The van der Waals surface area contributed by atoms with Crippen LogP contribution in [0.2, 0.25) is 0 Å². The second kappa shape index (κ2) is 15.1. The molecule has 3 aliphatic rings. The van der Waals surface area contributed by atoms with Crippen molar-refractivity contribution in [1.29, 1.82) is 0 Å². The van der Waals surface area contributed by atoms with Crippen LogP contribution < -0.4 is 4.90 Å². The molecule has 1 atom stereocenters. The van der Waals surface area contributed by atoms with E-state index in [-0.39, 0.29) is 23.8 Å². The van der Waals surface area contributed by atoms with E-state index in [0.29, 0.717) is 50.4 Å². The lowest BCUT2D eigenvalue weighted by Gasteiger charge is -2.41. The van der Waals surface area contributed by atoms with E-state index in [1.165, 1.54) is 5.56 Å². The van der Waals surface area contributed by atoms with Crippen LogP contribution in [0, 0.1) is 6.92 Å². The second-order valence-electron chi connectivity index (χ2n) is 14.7. The molecule has 3 amide bonds. The molecule has 54 heavy (non-hydrogen) atoms. The van der Waals surface area contributed by atoms with Gasteiger partial charge in [0.15, 0.2) is 0 Å². The Bertz CT molecular complexity index is 2150. The molecule has 4 aromatic carbocycles. The Balaban J connectivity index is 1.23. The fourth-order valence-corrected chi connectivity index (χ4v) is 8.32. The number of hydrogen-bond acceptors (Lipinski definition) is 5. The molecule has 276 valence electrons. The number of hydrogen-bond donors (Lipinski definition) is 0. The molecule has 0 spiro atoms. The predicted molar refractivity (Wildman–Crippen MR) is 211 cm³/mol. The fourth-order valence-electron chi connectivity index (χ4n) is 8.32. The van der Waals surface area contributed by atoms with Crippen molar-refractivity contribution in [2.75, 3.05) is 44.3 Å². The fraction of sp³-hybridized carbons (Fsp3) is 0.311. The minimum Gasteiger partial charge on any atom is -0.379 e. The van der Waals surface area contributed by atoms with Gasteiger partial charge in [0.1, 0.15) is 0 Å². The molecule has 8 rings (SSSR count). The lowest BCUT2D eigenvalue weighted by atomic mass is 9.89. The maximum atomic E-state index is 15.3. The first-order valence-electron chi connectivity index (χ1n) is 19.0. The first-order chi connectivity index (χ1) is 26.3. The summed E-state index contributed by atoms with van der Waals surface area (Å²) >= 11 is 0. The molecule has 9 nitrogen and oxygen atoms in total. The average Bonchev–Trinajstić information content (AvgIpc) is 3.50. The minimum absolute atomic E-state index is 0.0263. The van der Waals surface area contributed by atoms with Crippen LogP contribution in [0.15, 0.2) is 103 Å². The predicted octanol–water partition coefficient (Wildman–Crippen LogP) is 6.78. The number of carbonyl (C=O) groups is 3. The van der Waals surface area contributed by atoms with Gasteiger partial charge in [-0.3, -0.25) is 24.2 Å². The van der Waals surface area contributed by atoms with Gasteiger partial charge in [0.25, 0.3) is 11.8 Å². The number of rotatable bonds is 7. The van der Waals surface area contributed by atoms with E-state index in [0.717, 1.165) is 71.1 Å². The highest BCUT2D eigenvalue weighted by Crippen LogP contribution is 2.37. The molecule has 0 N–H and O–H groups in total. The van der Waals surface area contributed by atoms with Gasteiger partial charge in [-0.1, -0.05) is 60.7 Å². The molecular weight excluding hydrogens is 675 g/mol. The molecule has 1 aromatic heterocycles. The number of anilines is 2. The Hall–Kier alpha value is -5.51. The van der Waals surface area contributed by atoms with Crippen molar-refractivity contribution < 1.29 is 19.1 Å². The summed E-state index contributed by atoms with van der Waals surface area (Å²) in [5.74, 6) is -0.159. The summed E-state index contributed by atoms with van der Waals surface area (Å²) < 4.78 is 7.70. The summed E-state index contributed by atoms with van der Waals surface area (Å²) in [6, 6.07) is 33.9. The van der Waals surface area contributed by atoms with Crippen molar-refractivity contribution >= 4 is 29.1 Å². The number of para-hydroxylation sites is 2. The van der Waals surface area contributed by atoms with Crippen molar-refractivity contribution in [3.8, 4) is 11.3 Å². The second-order valence-corrected chi connectivity index (χ2v) is 14.7. The van der Waals surface area contributed by atoms with E-state index in [2.05, 4.69) is 34.1 Å². The molecule has 4 heterocycles. The van der Waals surface area contributed by atoms with Crippen LogP contribution >= 0.6 is 0 Å². The standard InChI is InChI=1S/C45H47N5O4/c1-31-40(45(53)50(37-14-6-4-7-15-37)38-16-8-5-9-17-38)27-43(46(31)3)41-25-34-18-19-48(32(2)51)28-36(34)26-42(41)44(52)49-29-35-13-11-10-12-33(35)24-39(49)30-47-20-22-54-23-21-47/h4-17,25-27,39H,18-24,28-30H2,1-3H3/t39-/m0/s1. The first-order valence-corrected chi connectivity index (χ1v) is 19.0. The summed E-state index contributed by atoms with van der Waals surface area (Å²) in [6.45, 7) is 9.00. The highest BCUT2D eigenvalue weighted by atomic mass is 16.5. The summed E-state index contributed by atoms with van der Waals surface area (Å²) in [5, 5.41) is 0. The van der Waals surface area contributed by atoms with Crippen molar-refractivity contribution in [2.45, 2.75) is 45.8 Å². The van der Waals surface area contributed by atoms with Gasteiger partial charge in [-0.15, -0.1) is 0 Å². The van der Waals surface area contributed by atoms with Crippen molar-refractivity contribution in [2.24, 2.45) is 7.05 Å². The number of aromatic nitrogens is 1. The number of amides is 3. The van der Waals surface area contributed by atoms with Crippen LogP contribution in [0.4, 0.5) is 11.4 Å². The Morgan fingerprint density at radius 3 is 2.06 bits per heavy atom. The molecule has 3 aliphatic heterocycles. The maximum Gasteiger partial charge on any atom is 0.264 e. The molecular formula is C45H47N5O4. The number of nitrogens with zero attached hydrogens (tertiary/aromatic N) is 5. The third-order valence-corrected chi connectivity index (χ3v) is 11.5. The van der Waals surface area contributed by atoms with E-state index >= 15 is 4.79 Å². The maximum absolute atomic E-state index is 15.3. The van der Waals surface area contributed by atoms with E-state index in [1.807, 2.05) is 102 Å². The Morgan fingerprint density at radius 1 is 0.741 bits per heavy atom. The van der Waals surface area contributed by atoms with E-state index < -0.39 is 0 Å². The number of benzene rings is 4. The summed E-state index contributed by atoms with van der Waals surface area (Å²) in [5.41, 5.74) is 9.67. The van der Waals surface area contributed by atoms with Gasteiger partial charge < -0.3 is 19.1 Å². The van der Waals surface area contributed by atoms with Crippen LogP contribution in [-0.4, -0.2) is 82.4 Å². The highest BCUT2D eigenvalue weighted by Gasteiger charge is 2.35. The largest absolute Gasteiger partial charge is 0.379 e. The third kappa shape index (κ3) is 6.85.